The van der Waals surface area contributed by atoms with Crippen LogP contribution in [0.1, 0.15) is 15.9 Å². The minimum atomic E-state index is -1.33. The van der Waals surface area contributed by atoms with Gasteiger partial charge in [0.1, 0.15) is 10.3 Å². The fourth-order valence-electron chi connectivity index (χ4n) is 1.56. The number of benzene rings is 1. The summed E-state index contributed by atoms with van der Waals surface area (Å²) in [7, 11) is 0. The lowest BCUT2D eigenvalue weighted by Crippen LogP contribution is -2.21. The van der Waals surface area contributed by atoms with Crippen LogP contribution in [0.2, 0.25) is 0 Å². The Balaban J connectivity index is 2.34. The Morgan fingerprint density at radius 1 is 1.47 bits per heavy atom. The molecule has 5 nitrogen and oxygen atoms in total. The minimum Gasteiger partial charge on any atom is -0.478 e. The number of aromatic nitrogens is 2. The van der Waals surface area contributed by atoms with Crippen LogP contribution in [0.15, 0.2) is 40.0 Å². The van der Waals surface area contributed by atoms with Gasteiger partial charge in [0, 0.05) is 6.20 Å². The number of hydrogen-bond donors (Lipinski definition) is 1. The van der Waals surface area contributed by atoms with E-state index in [1.165, 1.54) is 29.2 Å². The van der Waals surface area contributed by atoms with Gasteiger partial charge in [0.2, 0.25) is 0 Å². The second kappa shape index (κ2) is 5.31. The van der Waals surface area contributed by atoms with Crippen LogP contribution in [0.5, 0.6) is 0 Å². The first-order valence-corrected chi connectivity index (χ1v) is 6.00. The molecule has 7 heteroatoms. The van der Waals surface area contributed by atoms with Gasteiger partial charge in [-0.25, -0.2) is 14.2 Å². The molecule has 0 spiro atoms. The van der Waals surface area contributed by atoms with Gasteiger partial charge < -0.3 is 5.11 Å². The first kappa shape index (κ1) is 13.4. The Hall–Kier alpha value is -2.02. The van der Waals surface area contributed by atoms with Crippen LogP contribution >= 0.6 is 15.9 Å². The molecule has 0 unspecified atom stereocenters. The molecule has 0 bridgehead atoms. The van der Waals surface area contributed by atoms with E-state index in [4.69, 9.17) is 5.11 Å². The number of rotatable bonds is 3. The molecular weight excluding hydrogens is 319 g/mol. The topological polar surface area (TPSA) is 72.2 Å². The summed E-state index contributed by atoms with van der Waals surface area (Å²) in [5.41, 5.74) is -0.217. The number of hydrogen-bond acceptors (Lipinski definition) is 3. The van der Waals surface area contributed by atoms with E-state index < -0.39 is 17.3 Å². The highest BCUT2D eigenvalue weighted by Crippen LogP contribution is 2.11. The third-order valence-electron chi connectivity index (χ3n) is 2.48. The molecule has 1 heterocycles. The van der Waals surface area contributed by atoms with E-state index in [2.05, 4.69) is 20.9 Å². The monoisotopic (exact) mass is 326 g/mol. The summed E-state index contributed by atoms with van der Waals surface area (Å²) in [6.07, 6.45) is 2.70. The van der Waals surface area contributed by atoms with E-state index in [-0.39, 0.29) is 12.1 Å². The first-order valence-electron chi connectivity index (χ1n) is 5.20. The molecule has 0 amide bonds. The smallest absolute Gasteiger partial charge is 0.338 e. The molecule has 0 fully saturated rings. The molecule has 1 N–H and O–H groups in total. The highest BCUT2D eigenvalue weighted by Gasteiger charge is 2.11. The van der Waals surface area contributed by atoms with E-state index in [0.717, 1.165) is 6.07 Å². The number of halogens is 2. The van der Waals surface area contributed by atoms with Crippen LogP contribution in [-0.4, -0.2) is 20.6 Å². The number of carboxylic acids is 1. The molecule has 98 valence electrons. The summed E-state index contributed by atoms with van der Waals surface area (Å²) in [4.78, 5) is 26.2. The molecule has 0 atom stereocenters. The van der Waals surface area contributed by atoms with Crippen molar-refractivity contribution in [2.75, 3.05) is 0 Å². The second-order valence-corrected chi connectivity index (χ2v) is 4.65. The van der Waals surface area contributed by atoms with Gasteiger partial charge in [-0.3, -0.25) is 9.36 Å². The van der Waals surface area contributed by atoms with Crippen LogP contribution in [0, 0.1) is 5.82 Å². The molecule has 0 aliphatic carbocycles. The van der Waals surface area contributed by atoms with Crippen molar-refractivity contribution < 1.29 is 14.3 Å². The number of nitrogens with zero attached hydrogens (tertiary/aromatic N) is 2. The third kappa shape index (κ3) is 2.87. The lowest BCUT2D eigenvalue weighted by Gasteiger charge is -2.06. The summed E-state index contributed by atoms with van der Waals surface area (Å²) in [6, 6.07) is 3.72. The largest absolute Gasteiger partial charge is 0.478 e. The van der Waals surface area contributed by atoms with Crippen LogP contribution in [0.25, 0.3) is 0 Å². The van der Waals surface area contributed by atoms with Gasteiger partial charge in [0.15, 0.2) is 0 Å². The molecular formula is C12H8BrFN2O3. The fourth-order valence-corrected chi connectivity index (χ4v) is 1.91. The van der Waals surface area contributed by atoms with Crippen LogP contribution in [-0.2, 0) is 6.54 Å². The molecule has 2 rings (SSSR count). The summed E-state index contributed by atoms with van der Waals surface area (Å²) < 4.78 is 15.1. The van der Waals surface area contributed by atoms with Gasteiger partial charge in [-0.05, 0) is 33.6 Å². The molecule has 1 aromatic carbocycles. The molecule has 0 saturated carbocycles. The zero-order chi connectivity index (χ0) is 14.0. The predicted octanol–water partition coefficient (Wildman–Crippen LogP) is 1.89. The standard InChI is InChI=1S/C12H8BrFN2O3/c13-9-4-15-6-16(11(9)17)5-7-1-2-8(12(18)19)10(14)3-7/h1-4,6H,5H2,(H,18,19). The van der Waals surface area contributed by atoms with Crippen molar-refractivity contribution in [1.29, 1.82) is 0 Å². The van der Waals surface area contributed by atoms with Crippen LogP contribution < -0.4 is 5.56 Å². The van der Waals surface area contributed by atoms with E-state index >= 15 is 0 Å². The number of carboxylic acid groups (broad SMARTS) is 1. The fraction of sp³-hybridized carbons (Fsp3) is 0.0833. The Labute approximate surface area is 115 Å². The lowest BCUT2D eigenvalue weighted by atomic mass is 10.1. The normalized spacial score (nSPS) is 10.4. The maximum absolute atomic E-state index is 13.5. The van der Waals surface area contributed by atoms with Gasteiger partial charge in [-0.15, -0.1) is 0 Å². The minimum absolute atomic E-state index is 0.113. The molecule has 2 aromatic rings. The van der Waals surface area contributed by atoms with Gasteiger partial charge in [0.25, 0.3) is 5.56 Å². The van der Waals surface area contributed by atoms with Gasteiger partial charge in [-0.2, -0.15) is 0 Å². The van der Waals surface area contributed by atoms with E-state index in [9.17, 15) is 14.0 Å². The van der Waals surface area contributed by atoms with Crippen molar-refractivity contribution in [2.45, 2.75) is 6.54 Å². The van der Waals surface area contributed by atoms with Crippen molar-refractivity contribution in [3.05, 3.63) is 62.5 Å². The van der Waals surface area contributed by atoms with Crippen molar-refractivity contribution >= 4 is 21.9 Å². The van der Waals surface area contributed by atoms with Crippen molar-refractivity contribution in [3.63, 3.8) is 0 Å². The highest BCUT2D eigenvalue weighted by molar-refractivity contribution is 9.10. The Morgan fingerprint density at radius 2 is 2.21 bits per heavy atom. The molecule has 0 aliphatic rings. The highest BCUT2D eigenvalue weighted by atomic mass is 79.9. The van der Waals surface area contributed by atoms with E-state index in [1.807, 2.05) is 0 Å². The lowest BCUT2D eigenvalue weighted by molar-refractivity contribution is 0.0692. The molecule has 19 heavy (non-hydrogen) atoms. The van der Waals surface area contributed by atoms with Crippen molar-refractivity contribution in [3.8, 4) is 0 Å². The van der Waals surface area contributed by atoms with Crippen LogP contribution in [0.4, 0.5) is 4.39 Å². The maximum Gasteiger partial charge on any atom is 0.338 e. The molecule has 1 aromatic heterocycles. The SMILES string of the molecule is O=C(O)c1ccc(Cn2cncc(Br)c2=O)cc1F. The number of aromatic carboxylic acids is 1. The Bertz CT molecular complexity index is 700. The average Bonchev–Trinajstić information content (AvgIpc) is 2.34. The number of carbonyl (C=O) groups is 1. The zero-order valence-electron chi connectivity index (χ0n) is 9.51. The van der Waals surface area contributed by atoms with Gasteiger partial charge >= 0.3 is 5.97 Å². The van der Waals surface area contributed by atoms with Crippen LogP contribution in [0.3, 0.4) is 0 Å². The molecule has 0 aliphatic heterocycles. The van der Waals surface area contributed by atoms with E-state index in [0.29, 0.717) is 10.0 Å². The summed E-state index contributed by atoms with van der Waals surface area (Å²) in [5, 5.41) is 8.72. The second-order valence-electron chi connectivity index (χ2n) is 3.79. The first-order chi connectivity index (χ1) is 8.99. The summed E-state index contributed by atoms with van der Waals surface area (Å²) >= 11 is 3.06. The third-order valence-corrected chi connectivity index (χ3v) is 3.02. The summed E-state index contributed by atoms with van der Waals surface area (Å²) in [5.74, 6) is -2.16. The summed E-state index contributed by atoms with van der Waals surface area (Å²) in [6.45, 7) is 0.113. The average molecular weight is 327 g/mol. The van der Waals surface area contributed by atoms with Gasteiger partial charge in [-0.1, -0.05) is 6.07 Å². The van der Waals surface area contributed by atoms with Gasteiger partial charge in [0.05, 0.1) is 18.4 Å². The molecule has 0 saturated heterocycles. The Morgan fingerprint density at radius 3 is 2.84 bits per heavy atom. The predicted molar refractivity (Wildman–Crippen MR) is 68.7 cm³/mol. The molecule has 0 radical (unpaired) electrons. The Kier molecular flexibility index (Phi) is 3.75. The quantitative estimate of drug-likeness (QED) is 0.934. The van der Waals surface area contributed by atoms with E-state index in [1.54, 1.807) is 0 Å². The van der Waals surface area contributed by atoms with Crippen molar-refractivity contribution in [1.82, 2.24) is 9.55 Å². The van der Waals surface area contributed by atoms with Crippen molar-refractivity contribution in [2.24, 2.45) is 0 Å². The maximum atomic E-state index is 13.5. The zero-order valence-corrected chi connectivity index (χ0v) is 11.1.